The second-order valence-electron chi connectivity index (χ2n) is 5.89. The minimum atomic E-state index is 0.101. The number of hydrogen-bond acceptors (Lipinski definition) is 4. The smallest absolute Gasteiger partial charge is 0.119 e. The molecule has 2 aromatic rings. The molecule has 3 aliphatic carbocycles. The van der Waals surface area contributed by atoms with E-state index in [0.29, 0.717) is 0 Å². The summed E-state index contributed by atoms with van der Waals surface area (Å²) in [5.74, 6) is 0.834. The lowest BCUT2D eigenvalue weighted by atomic mass is 9.39. The van der Waals surface area contributed by atoms with Crippen LogP contribution in [0.2, 0.25) is 0 Å². The summed E-state index contributed by atoms with van der Waals surface area (Å²) in [4.78, 5) is 1.68. The van der Waals surface area contributed by atoms with Gasteiger partial charge in [0.05, 0.1) is 24.7 Å². The predicted octanol–water partition coefficient (Wildman–Crippen LogP) is 1.41. The minimum Gasteiger partial charge on any atom is -0.497 e. The fourth-order valence-electron chi connectivity index (χ4n) is 3.48. The Bertz CT molecular complexity index is 611. The lowest BCUT2D eigenvalue weighted by molar-refractivity contribution is -0.0622. The first-order chi connectivity index (χ1) is 9.12. The average Bonchev–Trinajstić information content (AvgIpc) is 2.83. The van der Waals surface area contributed by atoms with Crippen molar-refractivity contribution in [2.24, 2.45) is 5.73 Å². The molecule has 5 heteroatoms. The summed E-state index contributed by atoms with van der Waals surface area (Å²) in [5, 5.41) is 8.97. The Morgan fingerprint density at radius 1 is 1.21 bits per heavy atom. The van der Waals surface area contributed by atoms with Gasteiger partial charge < -0.3 is 10.5 Å². The molecule has 3 fully saturated rings. The van der Waals surface area contributed by atoms with E-state index in [0.717, 1.165) is 36.4 Å². The van der Waals surface area contributed by atoms with Gasteiger partial charge in [0, 0.05) is 11.0 Å². The van der Waals surface area contributed by atoms with Crippen LogP contribution in [0.3, 0.4) is 0 Å². The number of aromatic nitrogens is 3. The van der Waals surface area contributed by atoms with Crippen molar-refractivity contribution in [1.29, 1.82) is 0 Å². The molecule has 3 saturated carbocycles. The minimum absolute atomic E-state index is 0.101. The zero-order valence-corrected chi connectivity index (χ0v) is 10.8. The molecule has 0 amide bonds. The number of nitrogens with two attached hydrogens (primary N) is 1. The van der Waals surface area contributed by atoms with E-state index in [1.165, 1.54) is 0 Å². The second-order valence-corrected chi connectivity index (χ2v) is 5.89. The number of benzene rings is 1. The van der Waals surface area contributed by atoms with E-state index in [-0.39, 0.29) is 11.0 Å². The van der Waals surface area contributed by atoms with Gasteiger partial charge in [0.15, 0.2) is 0 Å². The Kier molecular flexibility index (Phi) is 1.94. The Morgan fingerprint density at radius 2 is 1.89 bits per heavy atom. The first kappa shape index (κ1) is 11.0. The van der Waals surface area contributed by atoms with Gasteiger partial charge in [-0.1, -0.05) is 0 Å². The zero-order valence-electron chi connectivity index (χ0n) is 10.8. The third-order valence-corrected chi connectivity index (χ3v) is 4.41. The Morgan fingerprint density at radius 3 is 2.47 bits per heavy atom. The van der Waals surface area contributed by atoms with E-state index < -0.39 is 0 Å². The number of ether oxygens (including phenoxy) is 1. The first-order valence-electron chi connectivity index (χ1n) is 6.49. The number of nitrogens with zero attached hydrogens (tertiary/aromatic N) is 3. The van der Waals surface area contributed by atoms with Crippen LogP contribution in [0.25, 0.3) is 5.69 Å². The summed E-state index contributed by atoms with van der Waals surface area (Å²) in [6, 6.07) is 7.73. The maximum Gasteiger partial charge on any atom is 0.119 e. The third-order valence-electron chi connectivity index (χ3n) is 4.41. The molecule has 5 rings (SSSR count). The van der Waals surface area contributed by atoms with Crippen LogP contribution in [-0.2, 0) is 5.41 Å². The zero-order chi connectivity index (χ0) is 13.1. The Balaban J connectivity index is 1.61. The van der Waals surface area contributed by atoms with Crippen LogP contribution in [0.1, 0.15) is 25.0 Å². The van der Waals surface area contributed by atoms with Crippen molar-refractivity contribution in [1.82, 2.24) is 15.0 Å². The molecule has 5 nitrogen and oxygen atoms in total. The molecule has 3 aliphatic rings. The predicted molar refractivity (Wildman–Crippen MR) is 70.4 cm³/mol. The molecule has 1 aromatic heterocycles. The molecule has 2 bridgehead atoms. The van der Waals surface area contributed by atoms with Crippen LogP contribution in [0, 0.1) is 0 Å². The molecule has 1 aromatic carbocycles. The maximum absolute atomic E-state index is 6.09. The average molecular weight is 256 g/mol. The van der Waals surface area contributed by atoms with Gasteiger partial charge in [-0.3, -0.25) is 0 Å². The van der Waals surface area contributed by atoms with Crippen LogP contribution in [0.4, 0.5) is 0 Å². The highest BCUT2D eigenvalue weighted by Gasteiger charge is 2.67. The summed E-state index contributed by atoms with van der Waals surface area (Å²) < 4.78 is 5.14. The molecule has 2 N–H and O–H groups in total. The van der Waals surface area contributed by atoms with Gasteiger partial charge >= 0.3 is 0 Å². The van der Waals surface area contributed by atoms with Crippen molar-refractivity contribution in [2.45, 2.75) is 30.2 Å². The number of hydrogen-bond donors (Lipinski definition) is 1. The SMILES string of the molecule is COc1ccc(-n2ncc(C34CC(N)(C3)C4)n2)cc1. The van der Waals surface area contributed by atoms with Crippen molar-refractivity contribution >= 4 is 0 Å². The fraction of sp³-hybridized carbons (Fsp3) is 0.429. The summed E-state index contributed by atoms with van der Waals surface area (Å²) >= 11 is 0. The molecule has 0 unspecified atom stereocenters. The molecular weight excluding hydrogens is 240 g/mol. The highest BCUT2D eigenvalue weighted by Crippen LogP contribution is 2.65. The quantitative estimate of drug-likeness (QED) is 0.901. The van der Waals surface area contributed by atoms with Gasteiger partial charge in [-0.15, -0.1) is 0 Å². The standard InChI is InChI=1S/C14H16N4O/c1-19-11-4-2-10(3-5-11)18-16-6-12(17-18)13-7-14(15,8-13)9-13/h2-6H,7-9,15H2,1H3. The topological polar surface area (TPSA) is 66.0 Å². The summed E-state index contributed by atoms with van der Waals surface area (Å²) in [7, 11) is 1.66. The lowest BCUT2D eigenvalue weighted by Crippen LogP contribution is -2.74. The van der Waals surface area contributed by atoms with E-state index in [1.54, 1.807) is 11.9 Å². The van der Waals surface area contributed by atoms with Crippen LogP contribution in [0.15, 0.2) is 30.5 Å². The summed E-state index contributed by atoms with van der Waals surface area (Å²) in [5.41, 5.74) is 8.44. The molecule has 98 valence electrons. The monoisotopic (exact) mass is 256 g/mol. The normalized spacial score (nSPS) is 31.5. The largest absolute Gasteiger partial charge is 0.497 e. The summed E-state index contributed by atoms with van der Waals surface area (Å²) in [6.45, 7) is 0. The highest BCUT2D eigenvalue weighted by molar-refractivity contribution is 5.38. The fourth-order valence-corrected chi connectivity index (χ4v) is 3.48. The van der Waals surface area contributed by atoms with E-state index in [2.05, 4.69) is 10.2 Å². The van der Waals surface area contributed by atoms with Crippen LogP contribution < -0.4 is 10.5 Å². The molecule has 19 heavy (non-hydrogen) atoms. The van der Waals surface area contributed by atoms with Gasteiger partial charge in [0.1, 0.15) is 5.75 Å². The van der Waals surface area contributed by atoms with Crippen molar-refractivity contribution in [3.63, 3.8) is 0 Å². The molecular formula is C14H16N4O. The van der Waals surface area contributed by atoms with Gasteiger partial charge in [0.2, 0.25) is 0 Å². The van der Waals surface area contributed by atoms with Crippen molar-refractivity contribution in [2.75, 3.05) is 7.11 Å². The van der Waals surface area contributed by atoms with Gasteiger partial charge in [-0.05, 0) is 43.5 Å². The lowest BCUT2D eigenvalue weighted by Gasteiger charge is -2.68. The van der Waals surface area contributed by atoms with E-state index >= 15 is 0 Å². The Labute approximate surface area is 111 Å². The van der Waals surface area contributed by atoms with Crippen molar-refractivity contribution in [3.05, 3.63) is 36.2 Å². The molecule has 0 aliphatic heterocycles. The summed E-state index contributed by atoms with van der Waals surface area (Å²) in [6.07, 6.45) is 5.05. The highest BCUT2D eigenvalue weighted by atomic mass is 16.5. The van der Waals surface area contributed by atoms with Gasteiger partial charge in [0.25, 0.3) is 0 Å². The molecule has 0 saturated heterocycles. The number of rotatable bonds is 3. The van der Waals surface area contributed by atoms with Crippen LogP contribution >= 0.6 is 0 Å². The van der Waals surface area contributed by atoms with E-state index in [9.17, 15) is 0 Å². The van der Waals surface area contributed by atoms with Crippen molar-refractivity contribution in [3.8, 4) is 11.4 Å². The van der Waals surface area contributed by atoms with Crippen LogP contribution in [-0.4, -0.2) is 27.6 Å². The molecule has 1 heterocycles. The molecule has 0 spiro atoms. The van der Waals surface area contributed by atoms with Crippen LogP contribution in [0.5, 0.6) is 5.75 Å². The van der Waals surface area contributed by atoms with Crippen molar-refractivity contribution < 1.29 is 4.74 Å². The van der Waals surface area contributed by atoms with E-state index in [1.807, 2.05) is 30.5 Å². The Hall–Kier alpha value is -1.88. The first-order valence-corrected chi connectivity index (χ1v) is 6.49. The van der Waals surface area contributed by atoms with E-state index in [4.69, 9.17) is 10.5 Å². The molecule has 0 radical (unpaired) electrons. The second kappa shape index (κ2) is 3.36. The maximum atomic E-state index is 6.09. The van der Waals surface area contributed by atoms with Gasteiger partial charge in [-0.2, -0.15) is 15.0 Å². The molecule has 0 atom stereocenters. The number of methoxy groups -OCH3 is 1. The third kappa shape index (κ3) is 1.45. The van der Waals surface area contributed by atoms with Gasteiger partial charge in [-0.25, -0.2) is 0 Å².